The van der Waals surface area contributed by atoms with Crippen LogP contribution >= 0.6 is 0 Å². The first kappa shape index (κ1) is 27.5. The number of phenolic OH excluding ortho intramolecular Hbond substituents is 1. The summed E-state index contributed by atoms with van der Waals surface area (Å²) in [7, 11) is 0. The molecule has 1 rings (SSSR count). The Kier molecular flexibility index (Phi) is 15.1. The third-order valence-electron chi connectivity index (χ3n) is 6.01. The van der Waals surface area contributed by atoms with Gasteiger partial charge in [-0.1, -0.05) is 103 Å². The average Bonchev–Trinajstić information content (AvgIpc) is 2.75. The van der Waals surface area contributed by atoms with Crippen LogP contribution in [-0.4, -0.2) is 22.8 Å². The molecule has 1 aromatic rings. The Hall–Kier alpha value is -1.55. The van der Waals surface area contributed by atoms with Crippen LogP contribution in [0.25, 0.3) is 0 Å². The Morgan fingerprint density at radius 1 is 0.871 bits per heavy atom. The molecule has 31 heavy (non-hydrogen) atoms. The van der Waals surface area contributed by atoms with Crippen molar-refractivity contribution in [2.24, 2.45) is 0 Å². The summed E-state index contributed by atoms with van der Waals surface area (Å²) in [4.78, 5) is 11.8. The molecule has 0 fully saturated rings. The van der Waals surface area contributed by atoms with Gasteiger partial charge >= 0.3 is 0 Å². The minimum atomic E-state index is -0.992. The molecule has 4 nitrogen and oxygen atoms in total. The maximum absolute atomic E-state index is 11.8. The summed E-state index contributed by atoms with van der Waals surface area (Å²) in [5.41, 5.74) is 1.67. The number of carbonyl (C=O) groups excluding carboxylic acids is 1. The first-order valence-corrected chi connectivity index (χ1v) is 12.7. The molecule has 178 valence electrons. The van der Waals surface area contributed by atoms with Gasteiger partial charge in [-0.05, 0) is 31.4 Å². The lowest BCUT2D eigenvalue weighted by Gasteiger charge is -2.19. The van der Waals surface area contributed by atoms with E-state index in [1.807, 2.05) is 13.0 Å². The van der Waals surface area contributed by atoms with Gasteiger partial charge in [0.15, 0.2) is 17.8 Å². The maximum atomic E-state index is 11.8. The van der Waals surface area contributed by atoms with Crippen LogP contribution in [0.1, 0.15) is 128 Å². The predicted octanol–water partition coefficient (Wildman–Crippen LogP) is 7.44. The number of hydrogen-bond donors (Lipinski definition) is 2. The van der Waals surface area contributed by atoms with E-state index in [9.17, 15) is 15.0 Å². The molecule has 0 bridgehead atoms. The highest BCUT2D eigenvalue weighted by atomic mass is 16.6. The molecule has 2 N–H and O–H groups in total. The number of aliphatic hydroxyl groups excluding tert-OH is 1. The van der Waals surface area contributed by atoms with E-state index in [0.29, 0.717) is 6.42 Å². The van der Waals surface area contributed by atoms with E-state index in [1.54, 1.807) is 6.07 Å². The van der Waals surface area contributed by atoms with Crippen LogP contribution in [0.4, 0.5) is 0 Å². The molecule has 0 aliphatic heterocycles. The highest BCUT2D eigenvalue weighted by Crippen LogP contribution is 2.38. The highest BCUT2D eigenvalue weighted by Gasteiger charge is 2.20. The van der Waals surface area contributed by atoms with Crippen molar-refractivity contribution in [3.05, 3.63) is 23.3 Å². The Morgan fingerprint density at radius 3 is 1.90 bits per heavy atom. The van der Waals surface area contributed by atoms with Gasteiger partial charge in [0.2, 0.25) is 0 Å². The van der Waals surface area contributed by atoms with Crippen LogP contribution in [0.2, 0.25) is 0 Å². The van der Waals surface area contributed by atoms with E-state index in [2.05, 4.69) is 6.92 Å². The van der Waals surface area contributed by atoms with Gasteiger partial charge in [0.05, 0.1) is 0 Å². The van der Waals surface area contributed by atoms with Crippen molar-refractivity contribution in [3.63, 3.8) is 0 Å². The van der Waals surface area contributed by atoms with E-state index in [1.165, 1.54) is 71.1 Å². The number of aldehydes is 1. The lowest BCUT2D eigenvalue weighted by molar-refractivity contribution is -0.109. The zero-order chi connectivity index (χ0) is 22.9. The molecule has 0 saturated carbocycles. The zero-order valence-electron chi connectivity index (χ0n) is 20.2. The lowest BCUT2D eigenvalue weighted by atomic mass is 9.88. The number of benzene rings is 1. The van der Waals surface area contributed by atoms with Crippen molar-refractivity contribution in [1.82, 2.24) is 0 Å². The molecule has 0 saturated heterocycles. The summed E-state index contributed by atoms with van der Waals surface area (Å²) in [5, 5.41) is 20.1. The van der Waals surface area contributed by atoms with Crippen molar-refractivity contribution >= 4 is 6.29 Å². The van der Waals surface area contributed by atoms with E-state index < -0.39 is 6.29 Å². The fourth-order valence-corrected chi connectivity index (χ4v) is 4.27. The molecule has 1 aromatic carbocycles. The van der Waals surface area contributed by atoms with E-state index in [4.69, 9.17) is 4.74 Å². The summed E-state index contributed by atoms with van der Waals surface area (Å²) < 4.78 is 5.30. The average molecular weight is 435 g/mol. The molecule has 2 atom stereocenters. The van der Waals surface area contributed by atoms with Crippen molar-refractivity contribution in [3.8, 4) is 11.5 Å². The van der Waals surface area contributed by atoms with Gasteiger partial charge in [-0.2, -0.15) is 0 Å². The van der Waals surface area contributed by atoms with Crippen LogP contribution in [-0.2, 0) is 11.2 Å². The second-order valence-corrected chi connectivity index (χ2v) is 8.87. The van der Waals surface area contributed by atoms with Gasteiger partial charge in [0.1, 0.15) is 6.29 Å². The number of ether oxygens (including phenoxy) is 1. The number of rotatable bonds is 19. The molecule has 0 spiro atoms. The largest absolute Gasteiger partial charge is 0.504 e. The van der Waals surface area contributed by atoms with Crippen molar-refractivity contribution in [2.75, 3.05) is 0 Å². The first-order chi connectivity index (χ1) is 15.0. The van der Waals surface area contributed by atoms with Crippen LogP contribution in [0, 0.1) is 0 Å². The first-order valence-electron chi connectivity index (χ1n) is 12.7. The third-order valence-corrected chi connectivity index (χ3v) is 6.01. The number of unbranched alkanes of at least 4 members (excludes halogenated alkanes) is 11. The van der Waals surface area contributed by atoms with Crippen LogP contribution in [0.3, 0.4) is 0 Å². The molecular formula is C27H46O4. The topological polar surface area (TPSA) is 66.8 Å². The molecule has 0 amide bonds. The molecule has 0 aliphatic rings. The fourth-order valence-electron chi connectivity index (χ4n) is 4.27. The third kappa shape index (κ3) is 11.0. The van der Waals surface area contributed by atoms with Gasteiger partial charge in [0.25, 0.3) is 0 Å². The molecule has 4 heteroatoms. The summed E-state index contributed by atoms with van der Waals surface area (Å²) >= 11 is 0. The van der Waals surface area contributed by atoms with Gasteiger partial charge in [-0.3, -0.25) is 0 Å². The minimum Gasteiger partial charge on any atom is -0.504 e. The molecule has 0 aromatic heterocycles. The SMILES string of the molecule is CCCCCCCCCCCCCCC(C=O)c1ccc(OC(C)O)c(O)c1CCC. The summed E-state index contributed by atoms with van der Waals surface area (Å²) in [5.74, 6) is 0.134. The van der Waals surface area contributed by atoms with Crippen molar-refractivity contribution in [1.29, 1.82) is 0 Å². The minimum absolute atomic E-state index is 0.0572. The molecule has 0 heterocycles. The molecule has 0 radical (unpaired) electrons. The standard InChI is InChI=1S/C27H46O4/c1-4-6-7-8-9-10-11-12-13-14-15-16-18-23(21-28)24-19-20-26(31-22(3)29)27(30)25(24)17-5-2/h19-23,29-30H,4-18H2,1-3H3. The lowest BCUT2D eigenvalue weighted by Crippen LogP contribution is -2.11. The zero-order valence-corrected chi connectivity index (χ0v) is 20.2. The number of aromatic hydroxyl groups is 1. The number of hydrogen-bond acceptors (Lipinski definition) is 4. The van der Waals surface area contributed by atoms with Crippen LogP contribution in [0.5, 0.6) is 11.5 Å². The van der Waals surface area contributed by atoms with Gasteiger partial charge < -0.3 is 19.7 Å². The quantitative estimate of drug-likeness (QED) is 0.135. The van der Waals surface area contributed by atoms with E-state index in [-0.39, 0.29) is 17.4 Å². The second kappa shape index (κ2) is 17.1. The maximum Gasteiger partial charge on any atom is 0.194 e. The Labute approximate surface area is 190 Å². The van der Waals surface area contributed by atoms with Gasteiger partial charge in [0, 0.05) is 11.5 Å². The molecule has 0 aliphatic carbocycles. The summed E-state index contributed by atoms with van der Waals surface area (Å²) in [6, 6.07) is 3.54. The summed E-state index contributed by atoms with van der Waals surface area (Å²) in [6.07, 6.45) is 18.0. The van der Waals surface area contributed by atoms with Crippen LogP contribution in [0.15, 0.2) is 12.1 Å². The van der Waals surface area contributed by atoms with E-state index in [0.717, 1.165) is 43.1 Å². The predicted molar refractivity (Wildman–Crippen MR) is 129 cm³/mol. The number of carbonyl (C=O) groups is 1. The normalized spacial score (nSPS) is 13.2. The Morgan fingerprint density at radius 2 is 1.42 bits per heavy atom. The monoisotopic (exact) mass is 434 g/mol. The van der Waals surface area contributed by atoms with Gasteiger partial charge in [-0.15, -0.1) is 0 Å². The number of phenols is 1. The van der Waals surface area contributed by atoms with Crippen molar-refractivity contribution < 1.29 is 19.7 Å². The Bertz CT molecular complexity index is 597. The highest BCUT2D eigenvalue weighted by molar-refractivity contribution is 5.65. The fraction of sp³-hybridized carbons (Fsp3) is 0.741. The molecular weight excluding hydrogens is 388 g/mol. The van der Waals surface area contributed by atoms with Crippen molar-refractivity contribution in [2.45, 2.75) is 129 Å². The van der Waals surface area contributed by atoms with Crippen LogP contribution < -0.4 is 4.74 Å². The smallest absolute Gasteiger partial charge is 0.194 e. The second-order valence-electron chi connectivity index (χ2n) is 8.87. The van der Waals surface area contributed by atoms with E-state index >= 15 is 0 Å². The number of aliphatic hydroxyl groups is 1. The Balaban J connectivity index is 2.41. The van der Waals surface area contributed by atoms with Gasteiger partial charge in [-0.25, -0.2) is 0 Å². The molecule has 2 unspecified atom stereocenters. The summed E-state index contributed by atoms with van der Waals surface area (Å²) in [6.45, 7) is 5.82.